The molecule has 162 valence electrons. The number of carbonyl (C=O) groups is 1. The molecular formula is C23H17Cl2FN4OS. The zero-order valence-electron chi connectivity index (χ0n) is 16.6. The highest BCUT2D eigenvalue weighted by Gasteiger charge is 2.18. The van der Waals surface area contributed by atoms with Crippen LogP contribution in [0.3, 0.4) is 0 Å². The van der Waals surface area contributed by atoms with E-state index in [2.05, 4.69) is 15.5 Å². The van der Waals surface area contributed by atoms with E-state index in [0.717, 1.165) is 5.56 Å². The number of amides is 1. The summed E-state index contributed by atoms with van der Waals surface area (Å²) in [5.74, 6) is 0.436. The molecule has 0 atom stereocenters. The smallest absolute Gasteiger partial charge is 0.251 e. The van der Waals surface area contributed by atoms with Gasteiger partial charge in [-0.3, -0.25) is 9.36 Å². The van der Waals surface area contributed by atoms with E-state index in [4.69, 9.17) is 23.2 Å². The third kappa shape index (κ3) is 5.30. The lowest BCUT2D eigenvalue weighted by Gasteiger charge is -2.13. The molecule has 0 aliphatic rings. The summed E-state index contributed by atoms with van der Waals surface area (Å²) in [4.78, 5) is 12.5. The van der Waals surface area contributed by atoms with Gasteiger partial charge in [0.15, 0.2) is 11.0 Å². The van der Waals surface area contributed by atoms with Crippen LogP contribution < -0.4 is 5.32 Å². The van der Waals surface area contributed by atoms with E-state index in [0.29, 0.717) is 38.0 Å². The van der Waals surface area contributed by atoms with Gasteiger partial charge in [-0.25, -0.2) is 4.39 Å². The largest absolute Gasteiger partial charge is 0.345 e. The van der Waals surface area contributed by atoms with Crippen molar-refractivity contribution in [2.75, 3.05) is 0 Å². The number of carbonyl (C=O) groups excluding carboxylic acids is 1. The Morgan fingerprint density at radius 2 is 1.75 bits per heavy atom. The molecule has 0 unspecified atom stereocenters. The molecule has 0 bridgehead atoms. The standard InChI is InChI=1S/C23H17Cl2FN4OS/c24-17-8-11-20(19(25)12-17)30-21(13-27-22(31)16-6-9-18(26)10-7-16)28-29-23(30)32-14-15-4-2-1-3-5-15/h1-12H,13-14H2,(H,27,31). The Morgan fingerprint density at radius 3 is 2.47 bits per heavy atom. The van der Waals surface area contributed by atoms with Gasteiger partial charge in [0.25, 0.3) is 5.91 Å². The maximum absolute atomic E-state index is 13.1. The third-order valence-electron chi connectivity index (χ3n) is 4.58. The van der Waals surface area contributed by atoms with Crippen molar-refractivity contribution in [2.45, 2.75) is 17.5 Å². The summed E-state index contributed by atoms with van der Waals surface area (Å²) in [7, 11) is 0. The molecule has 0 fully saturated rings. The summed E-state index contributed by atoms with van der Waals surface area (Å²) in [6.45, 7) is 0.105. The number of aromatic nitrogens is 3. The number of rotatable bonds is 7. The van der Waals surface area contributed by atoms with Gasteiger partial charge in [-0.2, -0.15) is 0 Å². The summed E-state index contributed by atoms with van der Waals surface area (Å²) in [5.41, 5.74) is 2.14. The monoisotopic (exact) mass is 486 g/mol. The van der Waals surface area contributed by atoms with Crippen molar-refractivity contribution in [3.05, 3.63) is 106 Å². The zero-order valence-corrected chi connectivity index (χ0v) is 19.0. The van der Waals surface area contributed by atoms with Crippen LogP contribution in [-0.2, 0) is 12.3 Å². The Morgan fingerprint density at radius 1 is 1.00 bits per heavy atom. The molecular weight excluding hydrogens is 470 g/mol. The van der Waals surface area contributed by atoms with E-state index in [1.54, 1.807) is 22.8 Å². The van der Waals surface area contributed by atoms with E-state index in [-0.39, 0.29) is 12.5 Å². The predicted molar refractivity (Wildman–Crippen MR) is 125 cm³/mol. The molecule has 0 aliphatic heterocycles. The van der Waals surface area contributed by atoms with Crippen LogP contribution in [0.4, 0.5) is 4.39 Å². The summed E-state index contributed by atoms with van der Waals surface area (Å²) < 4.78 is 14.9. The first-order chi connectivity index (χ1) is 15.5. The summed E-state index contributed by atoms with van der Waals surface area (Å²) >= 11 is 14.0. The van der Waals surface area contributed by atoms with Crippen LogP contribution in [0, 0.1) is 5.82 Å². The van der Waals surface area contributed by atoms with Gasteiger partial charge in [0.1, 0.15) is 5.82 Å². The van der Waals surface area contributed by atoms with Crippen molar-refractivity contribution in [3.63, 3.8) is 0 Å². The van der Waals surface area contributed by atoms with Crippen molar-refractivity contribution >= 4 is 40.9 Å². The number of benzene rings is 3. The summed E-state index contributed by atoms with van der Waals surface area (Å²) in [6.07, 6.45) is 0. The number of hydrogen-bond donors (Lipinski definition) is 1. The number of thioether (sulfide) groups is 1. The molecule has 3 aromatic carbocycles. The fourth-order valence-corrected chi connectivity index (χ4v) is 4.41. The van der Waals surface area contributed by atoms with Gasteiger partial charge < -0.3 is 5.32 Å². The lowest BCUT2D eigenvalue weighted by atomic mass is 10.2. The third-order valence-corrected chi connectivity index (χ3v) is 6.11. The second kappa shape index (κ2) is 10.2. The van der Waals surface area contributed by atoms with Gasteiger partial charge in [0, 0.05) is 16.3 Å². The fourth-order valence-electron chi connectivity index (χ4n) is 3.00. The van der Waals surface area contributed by atoms with Crippen LogP contribution in [-0.4, -0.2) is 20.7 Å². The molecule has 0 aliphatic carbocycles. The van der Waals surface area contributed by atoms with Gasteiger partial charge in [0.05, 0.1) is 17.3 Å². The van der Waals surface area contributed by atoms with Gasteiger partial charge >= 0.3 is 0 Å². The maximum Gasteiger partial charge on any atom is 0.251 e. The lowest BCUT2D eigenvalue weighted by Crippen LogP contribution is -2.24. The predicted octanol–water partition coefficient (Wildman–Crippen LogP) is 5.94. The normalized spacial score (nSPS) is 10.8. The molecule has 0 saturated carbocycles. The minimum absolute atomic E-state index is 0.105. The van der Waals surface area contributed by atoms with E-state index in [9.17, 15) is 9.18 Å². The molecule has 32 heavy (non-hydrogen) atoms. The molecule has 0 radical (unpaired) electrons. The van der Waals surface area contributed by atoms with Gasteiger partial charge in [-0.05, 0) is 48.0 Å². The van der Waals surface area contributed by atoms with E-state index in [1.165, 1.54) is 36.0 Å². The molecule has 4 rings (SSSR count). The van der Waals surface area contributed by atoms with Crippen LogP contribution in [0.2, 0.25) is 10.0 Å². The van der Waals surface area contributed by atoms with Crippen LogP contribution >= 0.6 is 35.0 Å². The second-order valence-electron chi connectivity index (χ2n) is 6.79. The van der Waals surface area contributed by atoms with Crippen LogP contribution in [0.25, 0.3) is 5.69 Å². The fraction of sp³-hybridized carbons (Fsp3) is 0.0870. The van der Waals surface area contributed by atoms with Gasteiger partial charge in [0.2, 0.25) is 0 Å². The molecule has 1 heterocycles. The Kier molecular flexibility index (Phi) is 7.09. The quantitative estimate of drug-likeness (QED) is 0.328. The molecule has 1 N–H and O–H groups in total. The van der Waals surface area contributed by atoms with Gasteiger partial charge in [-0.1, -0.05) is 65.3 Å². The Balaban J connectivity index is 1.60. The molecule has 0 saturated heterocycles. The summed E-state index contributed by atoms with van der Waals surface area (Å²) in [6, 6.07) is 20.5. The average Bonchev–Trinajstić information content (AvgIpc) is 3.20. The molecule has 5 nitrogen and oxygen atoms in total. The highest BCUT2D eigenvalue weighted by atomic mass is 35.5. The van der Waals surface area contributed by atoms with Crippen molar-refractivity contribution in [1.29, 1.82) is 0 Å². The molecule has 9 heteroatoms. The van der Waals surface area contributed by atoms with Crippen molar-refractivity contribution in [3.8, 4) is 5.69 Å². The van der Waals surface area contributed by atoms with E-state index < -0.39 is 5.82 Å². The SMILES string of the molecule is O=C(NCc1nnc(SCc2ccccc2)n1-c1ccc(Cl)cc1Cl)c1ccc(F)cc1. The Bertz CT molecular complexity index is 1230. The number of nitrogens with zero attached hydrogens (tertiary/aromatic N) is 3. The molecule has 1 aromatic heterocycles. The number of hydrogen-bond acceptors (Lipinski definition) is 4. The van der Waals surface area contributed by atoms with Crippen molar-refractivity contribution in [2.24, 2.45) is 0 Å². The topological polar surface area (TPSA) is 59.8 Å². The first-order valence-electron chi connectivity index (χ1n) is 9.61. The van der Waals surface area contributed by atoms with Crippen LogP contribution in [0.5, 0.6) is 0 Å². The van der Waals surface area contributed by atoms with Crippen molar-refractivity contribution < 1.29 is 9.18 Å². The van der Waals surface area contributed by atoms with Crippen LogP contribution in [0.1, 0.15) is 21.7 Å². The van der Waals surface area contributed by atoms with Crippen LogP contribution in [0.15, 0.2) is 78.0 Å². The molecule has 1 amide bonds. The number of halogens is 3. The minimum atomic E-state index is -0.404. The average molecular weight is 487 g/mol. The zero-order chi connectivity index (χ0) is 22.5. The maximum atomic E-state index is 13.1. The van der Waals surface area contributed by atoms with E-state index in [1.807, 2.05) is 30.3 Å². The lowest BCUT2D eigenvalue weighted by molar-refractivity contribution is 0.0949. The second-order valence-corrected chi connectivity index (χ2v) is 8.58. The van der Waals surface area contributed by atoms with Crippen molar-refractivity contribution in [1.82, 2.24) is 20.1 Å². The summed E-state index contributed by atoms with van der Waals surface area (Å²) in [5, 5.41) is 13.0. The highest BCUT2D eigenvalue weighted by Crippen LogP contribution is 2.30. The van der Waals surface area contributed by atoms with E-state index >= 15 is 0 Å². The number of nitrogens with one attached hydrogen (secondary N) is 1. The molecule has 0 spiro atoms. The first kappa shape index (κ1) is 22.3. The van der Waals surface area contributed by atoms with Gasteiger partial charge in [-0.15, -0.1) is 10.2 Å². The first-order valence-corrected chi connectivity index (χ1v) is 11.4. The molecule has 4 aromatic rings. The minimum Gasteiger partial charge on any atom is -0.345 e. The Labute approximate surface area is 198 Å². The Hall–Kier alpha value is -2.87. The highest BCUT2D eigenvalue weighted by molar-refractivity contribution is 7.98.